The highest BCUT2D eigenvalue weighted by molar-refractivity contribution is 7.89. The van der Waals surface area contributed by atoms with E-state index in [0.29, 0.717) is 6.54 Å². The summed E-state index contributed by atoms with van der Waals surface area (Å²) in [4.78, 5) is -0.101. The van der Waals surface area contributed by atoms with Crippen LogP contribution in [0.3, 0.4) is 0 Å². The van der Waals surface area contributed by atoms with Crippen LogP contribution in [0, 0.1) is 5.92 Å². The Morgan fingerprint density at radius 1 is 1.29 bits per heavy atom. The molecule has 0 spiro atoms. The largest absolute Gasteiger partial charge is 0.489 e. The summed E-state index contributed by atoms with van der Waals surface area (Å²) in [7, 11) is -5.50. The zero-order chi connectivity index (χ0) is 13.1. The van der Waals surface area contributed by atoms with Gasteiger partial charge in [0.1, 0.15) is 0 Å². The highest BCUT2D eigenvalue weighted by Gasteiger charge is 2.24. The van der Waals surface area contributed by atoms with Crippen molar-refractivity contribution in [2.75, 3.05) is 6.54 Å². The van der Waals surface area contributed by atoms with Crippen molar-refractivity contribution in [1.82, 2.24) is 4.72 Å². The Kier molecular flexibility index (Phi) is 4.70. The molecule has 0 radical (unpaired) electrons. The van der Waals surface area contributed by atoms with E-state index in [4.69, 9.17) is 10.0 Å². The van der Waals surface area contributed by atoms with Crippen molar-refractivity contribution in [1.29, 1.82) is 0 Å². The SMILES string of the molecule is CC(C)CNS(=O)(=O)c1ccccc1B(O)O. The summed E-state index contributed by atoms with van der Waals surface area (Å²) < 4.78 is 26.3. The number of benzene rings is 1. The molecule has 0 amide bonds. The van der Waals surface area contributed by atoms with Gasteiger partial charge in [0.2, 0.25) is 10.0 Å². The molecule has 3 N–H and O–H groups in total. The monoisotopic (exact) mass is 257 g/mol. The first-order valence-electron chi connectivity index (χ1n) is 5.29. The lowest BCUT2D eigenvalue weighted by Crippen LogP contribution is -2.38. The molecule has 0 aliphatic heterocycles. The first-order valence-corrected chi connectivity index (χ1v) is 6.77. The van der Waals surface area contributed by atoms with Gasteiger partial charge in [-0.25, -0.2) is 13.1 Å². The molecule has 5 nitrogen and oxygen atoms in total. The van der Waals surface area contributed by atoms with Gasteiger partial charge < -0.3 is 10.0 Å². The van der Waals surface area contributed by atoms with E-state index in [2.05, 4.69) is 4.72 Å². The quantitative estimate of drug-likeness (QED) is 0.609. The summed E-state index contributed by atoms with van der Waals surface area (Å²) in [5, 5.41) is 18.2. The maximum Gasteiger partial charge on any atom is 0.489 e. The van der Waals surface area contributed by atoms with E-state index < -0.39 is 17.1 Å². The van der Waals surface area contributed by atoms with Crippen LogP contribution in [0.5, 0.6) is 0 Å². The Balaban J connectivity index is 3.06. The van der Waals surface area contributed by atoms with Crippen LogP contribution in [0.2, 0.25) is 0 Å². The van der Waals surface area contributed by atoms with Gasteiger partial charge in [-0.3, -0.25) is 0 Å². The molecule has 0 aromatic heterocycles. The van der Waals surface area contributed by atoms with Gasteiger partial charge in [-0.1, -0.05) is 32.0 Å². The molecule has 0 saturated heterocycles. The Morgan fingerprint density at radius 2 is 1.88 bits per heavy atom. The molecule has 94 valence electrons. The maximum absolute atomic E-state index is 11.9. The summed E-state index contributed by atoms with van der Waals surface area (Å²) in [6.07, 6.45) is 0. The van der Waals surface area contributed by atoms with Crippen molar-refractivity contribution in [3.8, 4) is 0 Å². The summed E-state index contributed by atoms with van der Waals surface area (Å²) in [5.41, 5.74) is -0.0243. The summed E-state index contributed by atoms with van der Waals surface area (Å²) >= 11 is 0. The van der Waals surface area contributed by atoms with Crippen LogP contribution in [0.25, 0.3) is 0 Å². The molecular weight excluding hydrogens is 241 g/mol. The minimum Gasteiger partial charge on any atom is -0.423 e. The predicted octanol–water partition coefficient (Wildman–Crippen LogP) is -0.699. The van der Waals surface area contributed by atoms with Gasteiger partial charge in [0.25, 0.3) is 0 Å². The average Bonchev–Trinajstić information content (AvgIpc) is 2.26. The molecule has 0 heterocycles. The lowest BCUT2D eigenvalue weighted by atomic mass is 9.80. The molecule has 0 bridgehead atoms. The third kappa shape index (κ3) is 3.81. The van der Waals surface area contributed by atoms with Crippen molar-refractivity contribution >= 4 is 22.6 Å². The molecule has 1 aromatic rings. The zero-order valence-corrected chi connectivity index (χ0v) is 10.6. The van der Waals surface area contributed by atoms with Crippen LogP contribution in [0.1, 0.15) is 13.8 Å². The third-order valence-corrected chi connectivity index (χ3v) is 3.67. The molecule has 17 heavy (non-hydrogen) atoms. The summed E-state index contributed by atoms with van der Waals surface area (Å²) in [6, 6.07) is 5.80. The molecule has 0 aliphatic rings. The molecule has 0 aliphatic carbocycles. The molecule has 1 aromatic carbocycles. The molecule has 0 fully saturated rings. The van der Waals surface area contributed by atoms with Crippen LogP contribution < -0.4 is 10.2 Å². The van der Waals surface area contributed by atoms with Crippen LogP contribution in [-0.4, -0.2) is 32.1 Å². The van der Waals surface area contributed by atoms with Crippen molar-refractivity contribution < 1.29 is 18.5 Å². The van der Waals surface area contributed by atoms with E-state index in [0.717, 1.165) is 0 Å². The Morgan fingerprint density at radius 3 is 2.41 bits per heavy atom. The van der Waals surface area contributed by atoms with E-state index in [-0.39, 0.29) is 16.3 Å². The minimum atomic E-state index is -3.70. The van der Waals surface area contributed by atoms with Gasteiger partial charge in [-0.2, -0.15) is 0 Å². The standard InChI is InChI=1S/C10H16BNO4S/c1-8(2)7-12-17(15,16)10-6-4-3-5-9(10)11(13)14/h3-6,8,12-14H,7H2,1-2H3. The molecule has 0 saturated carbocycles. The van der Waals surface area contributed by atoms with Gasteiger partial charge in [0.05, 0.1) is 4.90 Å². The number of rotatable bonds is 5. The van der Waals surface area contributed by atoms with E-state index in [1.54, 1.807) is 6.07 Å². The van der Waals surface area contributed by atoms with Crippen molar-refractivity contribution in [2.45, 2.75) is 18.7 Å². The van der Waals surface area contributed by atoms with Crippen LogP contribution in [0.4, 0.5) is 0 Å². The van der Waals surface area contributed by atoms with Crippen LogP contribution in [-0.2, 0) is 10.0 Å². The normalized spacial score (nSPS) is 11.8. The summed E-state index contributed by atoms with van der Waals surface area (Å²) in [5.74, 6) is 0.177. The molecule has 0 atom stereocenters. The second-order valence-corrected chi connectivity index (χ2v) is 5.89. The minimum absolute atomic E-state index is 0.0243. The molecule has 7 heteroatoms. The van der Waals surface area contributed by atoms with Crippen molar-refractivity contribution in [3.05, 3.63) is 24.3 Å². The number of hydrogen-bond acceptors (Lipinski definition) is 4. The van der Waals surface area contributed by atoms with Gasteiger partial charge in [-0.15, -0.1) is 0 Å². The van der Waals surface area contributed by atoms with E-state index in [1.165, 1.54) is 18.2 Å². The first-order chi connectivity index (χ1) is 7.84. The second-order valence-electron chi connectivity index (χ2n) is 4.16. The van der Waals surface area contributed by atoms with Crippen molar-refractivity contribution in [3.63, 3.8) is 0 Å². The third-order valence-electron chi connectivity index (χ3n) is 2.17. The second kappa shape index (κ2) is 5.64. The molecule has 1 rings (SSSR count). The van der Waals surface area contributed by atoms with Crippen LogP contribution >= 0.6 is 0 Å². The van der Waals surface area contributed by atoms with Gasteiger partial charge in [-0.05, 0) is 12.0 Å². The lowest BCUT2D eigenvalue weighted by Gasteiger charge is -2.12. The fourth-order valence-electron chi connectivity index (χ4n) is 1.29. The average molecular weight is 257 g/mol. The molecular formula is C10H16BNO4S. The zero-order valence-electron chi connectivity index (χ0n) is 9.79. The van der Waals surface area contributed by atoms with Gasteiger partial charge in [0.15, 0.2) is 0 Å². The number of nitrogens with one attached hydrogen (secondary N) is 1. The van der Waals surface area contributed by atoms with Gasteiger partial charge in [0, 0.05) is 12.0 Å². The Bertz CT molecular complexity index is 473. The topological polar surface area (TPSA) is 86.6 Å². The van der Waals surface area contributed by atoms with Crippen LogP contribution in [0.15, 0.2) is 29.2 Å². The van der Waals surface area contributed by atoms with E-state index in [1.807, 2.05) is 13.8 Å². The number of sulfonamides is 1. The highest BCUT2D eigenvalue weighted by atomic mass is 32.2. The maximum atomic E-state index is 11.9. The fourth-order valence-corrected chi connectivity index (χ4v) is 2.74. The van der Waals surface area contributed by atoms with E-state index in [9.17, 15) is 8.42 Å². The predicted molar refractivity (Wildman–Crippen MR) is 66.3 cm³/mol. The van der Waals surface area contributed by atoms with Crippen molar-refractivity contribution in [2.24, 2.45) is 5.92 Å². The first kappa shape index (κ1) is 14.2. The fraction of sp³-hybridized carbons (Fsp3) is 0.400. The Hall–Kier alpha value is -0.885. The summed E-state index contributed by atoms with van der Waals surface area (Å²) in [6.45, 7) is 4.07. The smallest absolute Gasteiger partial charge is 0.423 e. The Labute approximate surface area is 102 Å². The molecule has 0 unspecified atom stereocenters. The highest BCUT2D eigenvalue weighted by Crippen LogP contribution is 2.06. The van der Waals surface area contributed by atoms with Gasteiger partial charge >= 0.3 is 7.12 Å². The van der Waals surface area contributed by atoms with E-state index >= 15 is 0 Å². The number of hydrogen-bond donors (Lipinski definition) is 3. The lowest BCUT2D eigenvalue weighted by molar-refractivity contribution is 0.424.